The van der Waals surface area contributed by atoms with Crippen molar-refractivity contribution in [3.63, 3.8) is 0 Å². The lowest BCUT2D eigenvalue weighted by molar-refractivity contribution is 0.446. The first-order valence-electron chi connectivity index (χ1n) is 23.4. The first-order valence-corrected chi connectivity index (χ1v) is 23.4. The standard InChI is InChI=1S/C62H61N3O/c1-39(2)50-23-17-24-51(40(3)4)58(50)65-56-26-18-25-52(57(56)64-60(65)53-37-49(61(5,6)7)38-54(59(53)66)62(8,9)10)47-33-46(42-21-15-12-16-22-42)34-48(35-47)55-36-45(31-32-63-55)44-29-27-43(28-30-44)41-19-13-11-14-20-41/h11-40,66H,1-10H3. The molecule has 0 bridgehead atoms. The molecule has 2 heterocycles. The number of rotatable bonds is 9. The maximum atomic E-state index is 12.5. The zero-order chi connectivity index (χ0) is 46.5. The van der Waals surface area contributed by atoms with E-state index in [9.17, 15) is 5.11 Å². The fraction of sp³-hybridized carbons (Fsp3) is 0.226. The summed E-state index contributed by atoms with van der Waals surface area (Å²) in [4.78, 5) is 10.7. The van der Waals surface area contributed by atoms with E-state index in [0.29, 0.717) is 0 Å². The molecule has 0 saturated heterocycles. The van der Waals surface area contributed by atoms with Crippen molar-refractivity contribution in [1.82, 2.24) is 14.5 Å². The van der Waals surface area contributed by atoms with Gasteiger partial charge < -0.3 is 5.11 Å². The first kappa shape index (κ1) is 44.2. The molecule has 0 aliphatic carbocycles. The average Bonchev–Trinajstić information content (AvgIpc) is 3.70. The van der Waals surface area contributed by atoms with Crippen LogP contribution in [0.2, 0.25) is 0 Å². The van der Waals surface area contributed by atoms with Crippen LogP contribution in [0.5, 0.6) is 5.75 Å². The number of para-hydroxylation sites is 2. The molecule has 7 aromatic carbocycles. The van der Waals surface area contributed by atoms with Crippen LogP contribution in [0.3, 0.4) is 0 Å². The Morgan fingerprint density at radius 1 is 0.470 bits per heavy atom. The number of fused-ring (bicyclic) bond motifs is 1. The molecule has 0 aliphatic heterocycles. The first-order chi connectivity index (χ1) is 31.6. The van der Waals surface area contributed by atoms with Crippen LogP contribution in [0.4, 0.5) is 0 Å². The summed E-state index contributed by atoms with van der Waals surface area (Å²) in [7, 11) is 0. The van der Waals surface area contributed by atoms with Gasteiger partial charge in [0.2, 0.25) is 0 Å². The molecular weight excluding hydrogens is 803 g/mol. The number of phenols is 1. The molecule has 0 amide bonds. The monoisotopic (exact) mass is 863 g/mol. The van der Waals surface area contributed by atoms with E-state index >= 15 is 0 Å². The van der Waals surface area contributed by atoms with Gasteiger partial charge in [0.05, 0.1) is 28.0 Å². The van der Waals surface area contributed by atoms with Crippen molar-refractivity contribution in [2.45, 2.75) is 91.9 Å². The lowest BCUT2D eigenvalue weighted by Gasteiger charge is -2.28. The molecule has 0 fully saturated rings. The van der Waals surface area contributed by atoms with E-state index in [4.69, 9.17) is 9.97 Å². The van der Waals surface area contributed by atoms with E-state index in [1.807, 2.05) is 6.20 Å². The zero-order valence-electron chi connectivity index (χ0n) is 40.1. The number of aromatic nitrogens is 3. The van der Waals surface area contributed by atoms with Gasteiger partial charge in [-0.3, -0.25) is 9.55 Å². The Bertz CT molecular complexity index is 3170. The fourth-order valence-electron chi connectivity index (χ4n) is 9.30. The third-order valence-corrected chi connectivity index (χ3v) is 13.0. The summed E-state index contributed by atoms with van der Waals surface area (Å²) in [5, 5.41) is 12.5. The van der Waals surface area contributed by atoms with Crippen molar-refractivity contribution >= 4 is 11.0 Å². The quantitative estimate of drug-likeness (QED) is 0.157. The summed E-state index contributed by atoms with van der Waals surface area (Å²) in [6.07, 6.45) is 1.92. The number of nitrogens with zero attached hydrogens (tertiary/aromatic N) is 3. The van der Waals surface area contributed by atoms with Crippen molar-refractivity contribution in [2.24, 2.45) is 0 Å². The number of hydrogen-bond acceptors (Lipinski definition) is 3. The molecule has 0 radical (unpaired) electrons. The number of benzene rings is 7. The van der Waals surface area contributed by atoms with Gasteiger partial charge in [0.25, 0.3) is 0 Å². The summed E-state index contributed by atoms with van der Waals surface area (Å²) >= 11 is 0. The van der Waals surface area contributed by atoms with Gasteiger partial charge in [0, 0.05) is 22.9 Å². The van der Waals surface area contributed by atoms with Crippen LogP contribution in [-0.4, -0.2) is 19.6 Å². The van der Waals surface area contributed by atoms with Crippen molar-refractivity contribution < 1.29 is 5.11 Å². The molecule has 4 heteroatoms. The van der Waals surface area contributed by atoms with Crippen molar-refractivity contribution in [2.75, 3.05) is 0 Å². The van der Waals surface area contributed by atoms with Gasteiger partial charge >= 0.3 is 0 Å². The zero-order valence-corrected chi connectivity index (χ0v) is 40.1. The minimum Gasteiger partial charge on any atom is -0.507 e. The third kappa shape index (κ3) is 8.49. The number of hydrogen-bond donors (Lipinski definition) is 1. The van der Waals surface area contributed by atoms with Crippen LogP contribution in [-0.2, 0) is 10.8 Å². The van der Waals surface area contributed by atoms with Gasteiger partial charge in [-0.15, -0.1) is 0 Å². The smallest absolute Gasteiger partial charge is 0.149 e. The topological polar surface area (TPSA) is 50.9 Å². The van der Waals surface area contributed by atoms with Gasteiger partial charge in [-0.25, -0.2) is 4.98 Å². The van der Waals surface area contributed by atoms with E-state index in [1.54, 1.807) is 0 Å². The average molecular weight is 864 g/mol. The molecule has 2 aromatic heterocycles. The Morgan fingerprint density at radius 3 is 1.61 bits per heavy atom. The summed E-state index contributed by atoms with van der Waals surface area (Å²) in [5.41, 5.74) is 18.6. The van der Waals surface area contributed by atoms with Crippen molar-refractivity contribution in [3.05, 3.63) is 192 Å². The molecule has 0 spiro atoms. The third-order valence-electron chi connectivity index (χ3n) is 13.0. The Balaban J connectivity index is 1.30. The highest BCUT2D eigenvalue weighted by Gasteiger charge is 2.30. The van der Waals surface area contributed by atoms with Crippen LogP contribution in [0, 0.1) is 0 Å². The lowest BCUT2D eigenvalue weighted by atomic mass is 9.79. The largest absolute Gasteiger partial charge is 0.507 e. The second kappa shape index (κ2) is 17.4. The number of aromatic hydroxyl groups is 1. The second-order valence-corrected chi connectivity index (χ2v) is 20.5. The number of imidazole rings is 1. The van der Waals surface area contributed by atoms with Gasteiger partial charge in [0.15, 0.2) is 0 Å². The highest BCUT2D eigenvalue weighted by molar-refractivity contribution is 5.98. The molecular formula is C62H61N3O. The van der Waals surface area contributed by atoms with Gasteiger partial charge in [-0.1, -0.05) is 191 Å². The molecule has 0 saturated carbocycles. The van der Waals surface area contributed by atoms with E-state index in [2.05, 4.69) is 238 Å². The minimum atomic E-state index is -0.313. The second-order valence-electron chi connectivity index (χ2n) is 20.5. The van der Waals surface area contributed by atoms with Crippen molar-refractivity contribution in [3.8, 4) is 78.6 Å². The molecule has 1 N–H and O–H groups in total. The summed E-state index contributed by atoms with van der Waals surface area (Å²) in [6, 6.07) is 58.6. The Morgan fingerprint density at radius 2 is 1.02 bits per heavy atom. The number of pyridine rings is 1. The van der Waals surface area contributed by atoms with Gasteiger partial charge in [-0.2, -0.15) is 0 Å². The number of phenolic OH excluding ortho intramolecular Hbond substituents is 1. The molecule has 9 rings (SSSR count). The molecule has 0 atom stereocenters. The van der Waals surface area contributed by atoms with E-state index < -0.39 is 0 Å². The Kier molecular flexibility index (Phi) is 11.6. The van der Waals surface area contributed by atoms with Gasteiger partial charge in [-0.05, 0) is 121 Å². The molecule has 0 unspecified atom stereocenters. The molecule has 0 aliphatic rings. The fourth-order valence-corrected chi connectivity index (χ4v) is 9.30. The molecule has 9 aromatic rings. The molecule has 4 nitrogen and oxygen atoms in total. The van der Waals surface area contributed by atoms with E-state index in [-0.39, 0.29) is 28.4 Å². The Labute approximate surface area is 391 Å². The predicted molar refractivity (Wildman–Crippen MR) is 279 cm³/mol. The summed E-state index contributed by atoms with van der Waals surface area (Å²) in [6.45, 7) is 22.3. The van der Waals surface area contributed by atoms with Crippen LogP contribution in [0.1, 0.15) is 103 Å². The molecule has 330 valence electrons. The lowest BCUT2D eigenvalue weighted by Crippen LogP contribution is -2.17. The van der Waals surface area contributed by atoms with Crippen LogP contribution in [0.15, 0.2) is 170 Å². The van der Waals surface area contributed by atoms with E-state index in [1.165, 1.54) is 22.3 Å². The van der Waals surface area contributed by atoms with Crippen LogP contribution in [0.25, 0.3) is 83.9 Å². The predicted octanol–water partition coefficient (Wildman–Crippen LogP) is 17.0. The maximum absolute atomic E-state index is 12.5. The minimum absolute atomic E-state index is 0.172. The molecule has 66 heavy (non-hydrogen) atoms. The van der Waals surface area contributed by atoms with Crippen LogP contribution >= 0.6 is 0 Å². The normalized spacial score (nSPS) is 12.1. The highest BCUT2D eigenvalue weighted by atomic mass is 16.3. The van der Waals surface area contributed by atoms with E-state index in [0.717, 1.165) is 83.9 Å². The van der Waals surface area contributed by atoms with Crippen LogP contribution < -0.4 is 0 Å². The van der Waals surface area contributed by atoms with Gasteiger partial charge in [0.1, 0.15) is 11.6 Å². The summed E-state index contributed by atoms with van der Waals surface area (Å²) < 4.78 is 2.35. The SMILES string of the molecule is CC(C)c1cccc(C(C)C)c1-n1c(-c2cc(C(C)(C)C)cc(C(C)(C)C)c2O)nc2c(-c3cc(-c4ccccc4)cc(-c4cc(-c5ccc(-c6ccccc6)cc5)ccn4)c3)cccc21. The Hall–Kier alpha value is -7.04. The summed E-state index contributed by atoms with van der Waals surface area (Å²) in [5.74, 6) is 1.48. The van der Waals surface area contributed by atoms with Crippen molar-refractivity contribution in [1.29, 1.82) is 0 Å². The maximum Gasteiger partial charge on any atom is 0.149 e. The highest BCUT2D eigenvalue weighted by Crippen LogP contribution is 2.46.